The van der Waals surface area contributed by atoms with Crippen LogP contribution in [0.25, 0.3) is 6.08 Å². The molecule has 0 aliphatic carbocycles. The fourth-order valence-corrected chi connectivity index (χ4v) is 1.52. The van der Waals surface area contributed by atoms with Gasteiger partial charge >= 0.3 is 0 Å². The average molecular weight is 252 g/mol. The molecule has 1 heterocycles. The number of pyridine rings is 1. The highest BCUT2D eigenvalue weighted by molar-refractivity contribution is 5.98. The minimum Gasteiger partial charge on any atom is -0.318 e. The molecule has 0 bridgehead atoms. The zero-order valence-corrected chi connectivity index (χ0v) is 10.1. The number of hydrogen-bond acceptors (Lipinski definition) is 3. The van der Waals surface area contributed by atoms with E-state index in [4.69, 9.17) is 0 Å². The number of carbonyl (C=O) groups excluding carboxylic acids is 2. The Morgan fingerprint density at radius 2 is 1.79 bits per heavy atom. The highest BCUT2D eigenvalue weighted by Gasteiger charge is 2.07. The molecule has 0 saturated heterocycles. The van der Waals surface area contributed by atoms with E-state index in [1.807, 2.05) is 30.3 Å². The molecule has 0 aliphatic rings. The van der Waals surface area contributed by atoms with Gasteiger partial charge in [-0.2, -0.15) is 0 Å². The van der Waals surface area contributed by atoms with Crippen molar-refractivity contribution < 1.29 is 9.59 Å². The van der Waals surface area contributed by atoms with E-state index in [2.05, 4.69) is 10.3 Å². The number of carbonyl (C=O) groups is 2. The van der Waals surface area contributed by atoms with Crippen molar-refractivity contribution in [1.82, 2.24) is 10.3 Å². The number of amides is 1. The first-order chi connectivity index (χ1) is 9.29. The largest absolute Gasteiger partial charge is 0.318 e. The molecule has 0 radical (unpaired) electrons. The van der Waals surface area contributed by atoms with Crippen LogP contribution in [0.5, 0.6) is 0 Å². The molecule has 4 heteroatoms. The van der Waals surface area contributed by atoms with Gasteiger partial charge in [0.2, 0.25) is 0 Å². The fraction of sp³-hybridized carbons (Fsp3) is 0. The molecule has 1 aromatic heterocycles. The molecule has 0 atom stereocenters. The fourth-order valence-electron chi connectivity index (χ4n) is 1.52. The lowest BCUT2D eigenvalue weighted by atomic mass is 10.2. The van der Waals surface area contributed by atoms with Crippen LogP contribution < -0.4 is 5.32 Å². The SMILES string of the molecule is O=CC(=Cc1ccccc1)NC(=O)c1ccccn1. The first-order valence-corrected chi connectivity index (χ1v) is 5.74. The normalized spacial score (nSPS) is 10.8. The quantitative estimate of drug-likeness (QED) is 0.669. The Hall–Kier alpha value is -2.75. The molecule has 1 aromatic carbocycles. The summed E-state index contributed by atoms with van der Waals surface area (Å²) >= 11 is 0. The summed E-state index contributed by atoms with van der Waals surface area (Å²) in [6.07, 6.45) is 3.73. The van der Waals surface area contributed by atoms with Gasteiger partial charge in [-0.15, -0.1) is 0 Å². The molecule has 19 heavy (non-hydrogen) atoms. The number of allylic oxidation sites excluding steroid dienone is 1. The van der Waals surface area contributed by atoms with E-state index >= 15 is 0 Å². The van der Waals surface area contributed by atoms with E-state index in [-0.39, 0.29) is 11.4 Å². The molecule has 0 spiro atoms. The van der Waals surface area contributed by atoms with Crippen LogP contribution in [-0.4, -0.2) is 17.2 Å². The highest BCUT2D eigenvalue weighted by atomic mass is 16.2. The zero-order chi connectivity index (χ0) is 13.5. The third-order valence-corrected chi connectivity index (χ3v) is 2.40. The van der Waals surface area contributed by atoms with Crippen LogP contribution in [-0.2, 0) is 4.79 Å². The van der Waals surface area contributed by atoms with Gasteiger partial charge < -0.3 is 5.32 Å². The van der Waals surface area contributed by atoms with E-state index in [0.717, 1.165) is 5.56 Å². The van der Waals surface area contributed by atoms with E-state index in [1.54, 1.807) is 24.3 Å². The molecule has 4 nitrogen and oxygen atoms in total. The Morgan fingerprint density at radius 3 is 2.42 bits per heavy atom. The summed E-state index contributed by atoms with van der Waals surface area (Å²) in [5.41, 5.74) is 1.30. The average Bonchev–Trinajstić information content (AvgIpc) is 2.48. The zero-order valence-electron chi connectivity index (χ0n) is 10.1. The molecule has 2 aromatic rings. The number of aromatic nitrogens is 1. The van der Waals surface area contributed by atoms with E-state index in [0.29, 0.717) is 6.29 Å². The van der Waals surface area contributed by atoms with Gasteiger partial charge in [0.1, 0.15) is 5.69 Å². The van der Waals surface area contributed by atoms with Crippen LogP contribution in [0.4, 0.5) is 0 Å². The summed E-state index contributed by atoms with van der Waals surface area (Å²) in [6.45, 7) is 0. The molecule has 94 valence electrons. The summed E-state index contributed by atoms with van der Waals surface area (Å²) in [6, 6.07) is 14.3. The van der Waals surface area contributed by atoms with Crippen LogP contribution in [0.3, 0.4) is 0 Å². The standard InChI is InChI=1S/C15H12N2O2/c18-11-13(10-12-6-2-1-3-7-12)17-15(19)14-8-4-5-9-16-14/h1-11H,(H,17,19). The second-order valence-electron chi connectivity index (χ2n) is 3.80. The third-order valence-electron chi connectivity index (χ3n) is 2.40. The second kappa shape index (κ2) is 6.26. The van der Waals surface area contributed by atoms with Crippen molar-refractivity contribution >= 4 is 18.3 Å². The summed E-state index contributed by atoms with van der Waals surface area (Å²) in [5.74, 6) is -0.408. The molecule has 0 fully saturated rings. The number of hydrogen-bond donors (Lipinski definition) is 1. The number of nitrogens with zero attached hydrogens (tertiary/aromatic N) is 1. The maximum absolute atomic E-state index is 11.8. The first kappa shape index (κ1) is 12.7. The smallest absolute Gasteiger partial charge is 0.274 e. The minimum absolute atomic E-state index is 0.196. The van der Waals surface area contributed by atoms with Crippen LogP contribution in [0.15, 0.2) is 60.4 Å². The molecule has 0 saturated carbocycles. The predicted molar refractivity (Wildman–Crippen MR) is 72.2 cm³/mol. The maximum Gasteiger partial charge on any atom is 0.274 e. The van der Waals surface area contributed by atoms with E-state index < -0.39 is 5.91 Å². The van der Waals surface area contributed by atoms with Crippen molar-refractivity contribution in [2.45, 2.75) is 0 Å². The Morgan fingerprint density at radius 1 is 1.05 bits per heavy atom. The summed E-state index contributed by atoms with van der Waals surface area (Å²) in [7, 11) is 0. The monoisotopic (exact) mass is 252 g/mol. The van der Waals surface area contributed by atoms with Crippen molar-refractivity contribution in [3.63, 3.8) is 0 Å². The van der Waals surface area contributed by atoms with Gasteiger partial charge in [-0.1, -0.05) is 36.4 Å². The lowest BCUT2D eigenvalue weighted by Crippen LogP contribution is -2.24. The molecule has 2 rings (SSSR count). The van der Waals surface area contributed by atoms with Gasteiger partial charge in [0.15, 0.2) is 6.29 Å². The van der Waals surface area contributed by atoms with Gasteiger partial charge in [-0.3, -0.25) is 14.6 Å². The van der Waals surface area contributed by atoms with E-state index in [9.17, 15) is 9.59 Å². The van der Waals surface area contributed by atoms with Gasteiger partial charge in [-0.25, -0.2) is 0 Å². The van der Waals surface area contributed by atoms with Crippen LogP contribution in [0, 0.1) is 0 Å². The van der Waals surface area contributed by atoms with Crippen molar-refractivity contribution in [2.24, 2.45) is 0 Å². The Labute approximate surface area is 110 Å². The molecule has 1 N–H and O–H groups in total. The lowest BCUT2D eigenvalue weighted by molar-refractivity contribution is -0.105. The van der Waals surface area contributed by atoms with Crippen molar-refractivity contribution in [3.8, 4) is 0 Å². The maximum atomic E-state index is 11.8. The van der Waals surface area contributed by atoms with Crippen molar-refractivity contribution in [1.29, 1.82) is 0 Å². The lowest BCUT2D eigenvalue weighted by Gasteiger charge is -2.03. The molecular formula is C15H12N2O2. The van der Waals surface area contributed by atoms with Crippen molar-refractivity contribution in [3.05, 3.63) is 71.7 Å². The van der Waals surface area contributed by atoms with Gasteiger partial charge in [0.25, 0.3) is 5.91 Å². The Bertz CT molecular complexity index is 592. The predicted octanol–water partition coefficient (Wildman–Crippen LogP) is 2.05. The number of aldehydes is 1. The second-order valence-corrected chi connectivity index (χ2v) is 3.80. The van der Waals surface area contributed by atoms with E-state index in [1.165, 1.54) is 6.20 Å². The van der Waals surface area contributed by atoms with Crippen LogP contribution in [0.1, 0.15) is 16.1 Å². The summed E-state index contributed by atoms with van der Waals surface area (Å²) in [4.78, 5) is 26.7. The van der Waals surface area contributed by atoms with Gasteiger partial charge in [0, 0.05) is 6.20 Å². The van der Waals surface area contributed by atoms with Crippen LogP contribution >= 0.6 is 0 Å². The summed E-state index contributed by atoms with van der Waals surface area (Å²) in [5, 5.41) is 2.52. The number of benzene rings is 1. The first-order valence-electron chi connectivity index (χ1n) is 5.74. The third kappa shape index (κ3) is 3.61. The topological polar surface area (TPSA) is 59.1 Å². The molecular weight excluding hydrogens is 240 g/mol. The molecule has 0 aliphatic heterocycles. The molecule has 1 amide bonds. The Kier molecular flexibility index (Phi) is 4.18. The number of nitrogens with one attached hydrogen (secondary N) is 1. The minimum atomic E-state index is -0.408. The Balaban J connectivity index is 2.14. The number of rotatable bonds is 4. The highest BCUT2D eigenvalue weighted by Crippen LogP contribution is 2.04. The van der Waals surface area contributed by atoms with Gasteiger partial charge in [0.05, 0.1) is 5.70 Å². The van der Waals surface area contributed by atoms with Crippen LogP contribution in [0.2, 0.25) is 0 Å². The van der Waals surface area contributed by atoms with Gasteiger partial charge in [-0.05, 0) is 23.8 Å². The molecule has 0 unspecified atom stereocenters. The summed E-state index contributed by atoms with van der Waals surface area (Å²) < 4.78 is 0. The van der Waals surface area contributed by atoms with Crippen molar-refractivity contribution in [2.75, 3.05) is 0 Å².